The molecule has 0 N–H and O–H groups in total. The molecule has 0 radical (unpaired) electrons. The van der Waals surface area contributed by atoms with E-state index in [9.17, 15) is 0 Å². The molecule has 19 aromatic rings. The molecule has 0 saturated carbocycles. The van der Waals surface area contributed by atoms with E-state index in [-0.39, 0.29) is 18.3 Å². The Morgan fingerprint density at radius 1 is 0.296 bits per heavy atom. The van der Waals surface area contributed by atoms with Crippen LogP contribution in [-0.4, -0.2) is 13.7 Å². The highest BCUT2D eigenvalue weighted by Crippen LogP contribution is 2.52. The topological polar surface area (TPSA) is 41.1 Å². The number of hydrogen-bond donors (Lipinski definition) is 0. The van der Waals surface area contributed by atoms with Crippen molar-refractivity contribution in [1.29, 1.82) is 0 Å². The molecule has 5 aromatic heterocycles. The predicted molar refractivity (Wildman–Crippen MR) is 415 cm³/mol. The molecule has 0 unspecified atom stereocenters. The van der Waals surface area contributed by atoms with Crippen LogP contribution in [0.5, 0.6) is 0 Å². The average molecular weight is 1330 g/mol. The van der Waals surface area contributed by atoms with Crippen molar-refractivity contribution in [3.8, 4) is 50.4 Å². The van der Waals surface area contributed by atoms with Crippen molar-refractivity contribution in [3.05, 3.63) is 329 Å². The molecule has 0 atom stereocenters. The van der Waals surface area contributed by atoms with Gasteiger partial charge in [-0.1, -0.05) is 239 Å². The highest BCUT2D eigenvalue weighted by atomic mass is 79.9. The molecule has 6 heteroatoms. The maximum absolute atomic E-state index is 6.36. The molecular formula is C92H66BrN3O2. The summed E-state index contributed by atoms with van der Waals surface area (Å²) >= 11 is 3.56. The zero-order valence-electron chi connectivity index (χ0n) is 54.0. The van der Waals surface area contributed by atoms with Crippen molar-refractivity contribution >= 4 is 125 Å². The normalized spacial score (nSPS) is 13.6. The van der Waals surface area contributed by atoms with Gasteiger partial charge >= 0.3 is 0 Å². The lowest BCUT2D eigenvalue weighted by molar-refractivity contribution is 0.660. The molecule has 5 nitrogen and oxygen atoms in total. The monoisotopic (exact) mass is 1320 g/mol. The Labute approximate surface area is 575 Å². The van der Waals surface area contributed by atoms with Gasteiger partial charge in [0.15, 0.2) is 0 Å². The van der Waals surface area contributed by atoms with Gasteiger partial charge in [-0.25, -0.2) is 0 Å². The van der Waals surface area contributed by atoms with Gasteiger partial charge in [-0.05, 0) is 164 Å². The Balaban J connectivity index is 0.000000116. The van der Waals surface area contributed by atoms with E-state index in [1.54, 1.807) is 0 Å². The molecule has 3 aliphatic rings. The first-order chi connectivity index (χ1) is 47.5. The van der Waals surface area contributed by atoms with Crippen LogP contribution in [0.1, 0.15) is 68.5 Å². The van der Waals surface area contributed by atoms with Gasteiger partial charge in [0.05, 0.1) is 33.1 Å². The van der Waals surface area contributed by atoms with Crippen LogP contribution in [0.25, 0.3) is 160 Å². The molecule has 3 aliphatic carbocycles. The van der Waals surface area contributed by atoms with Crippen LogP contribution in [0, 0.1) is 0 Å². The van der Waals surface area contributed by atoms with Gasteiger partial charge in [0, 0.05) is 98.4 Å². The first kappa shape index (κ1) is 58.0. The Morgan fingerprint density at radius 2 is 0.704 bits per heavy atom. The fraction of sp³-hybridized carbons (Fsp3) is 0.0870. The molecule has 0 aliphatic heterocycles. The highest BCUT2D eigenvalue weighted by molar-refractivity contribution is 9.10. The van der Waals surface area contributed by atoms with Crippen LogP contribution in [0.3, 0.4) is 0 Å². The second kappa shape index (κ2) is 21.5. The van der Waals surface area contributed by atoms with E-state index in [2.05, 4.69) is 324 Å². The van der Waals surface area contributed by atoms with Gasteiger partial charge in [-0.2, -0.15) is 0 Å². The minimum Gasteiger partial charge on any atom is -0.456 e. The molecule has 98 heavy (non-hydrogen) atoms. The predicted octanol–water partition coefficient (Wildman–Crippen LogP) is 25.7. The van der Waals surface area contributed by atoms with Crippen molar-refractivity contribution in [2.45, 2.75) is 52.4 Å². The smallest absolute Gasteiger partial charge is 0.137 e. The van der Waals surface area contributed by atoms with Gasteiger partial charge in [0.1, 0.15) is 22.3 Å². The summed E-state index contributed by atoms with van der Waals surface area (Å²) in [6.45, 7) is 9.31. The van der Waals surface area contributed by atoms with Gasteiger partial charge in [0.2, 0.25) is 0 Å². The summed E-state index contributed by atoms with van der Waals surface area (Å²) in [6, 6.07) is 105. The van der Waals surface area contributed by atoms with Crippen LogP contribution in [0.4, 0.5) is 0 Å². The number of nitrogens with zero attached hydrogens (tertiary/aromatic N) is 3. The lowest BCUT2D eigenvalue weighted by Crippen LogP contribution is -2.15. The van der Waals surface area contributed by atoms with E-state index in [1.165, 1.54) is 138 Å². The Kier molecular flexibility index (Phi) is 12.7. The molecule has 0 spiro atoms. The maximum atomic E-state index is 6.36. The summed E-state index contributed by atoms with van der Waals surface area (Å²) in [5, 5.41) is 12.3. The standard InChI is InChI=1S/C45H30N2O.C31H19NO.C15H13Br.CH4/c1-45(2)36-15-7-3-11-29(36)30-21-19-27(25-37(30)45)47-38-16-8-4-12-31(38)34-23-24-40-43(44(34)47)35-14-5-9-17-39(35)46(40)28-20-22-33-32-13-6-10-18-41(32)48-42(33)26-28;1-2-8-21-19(7-1)17-26-22(21)15-16-28-31(26)25-10-3-5-11-27(25)32(28)20-13-14-24-23-9-4-6-12-29(23)33-30(24)18-20;1-15(2)13-6-4-3-5-11(13)12-8-7-10(16)9-14(12)15;/h3-26H,1-2H3;1-16,18H,17H2;3-9H,1-2H3;1H4. The van der Waals surface area contributed by atoms with E-state index >= 15 is 0 Å². The van der Waals surface area contributed by atoms with Crippen molar-refractivity contribution in [2.24, 2.45) is 0 Å². The lowest BCUT2D eigenvalue weighted by Gasteiger charge is -2.22. The first-order valence-corrected chi connectivity index (χ1v) is 34.4. The minimum absolute atomic E-state index is 0. The zero-order valence-corrected chi connectivity index (χ0v) is 55.5. The lowest BCUT2D eigenvalue weighted by atomic mass is 9.82. The number of halogens is 1. The molecule has 22 rings (SSSR count). The quantitative estimate of drug-likeness (QED) is 0.177. The number of aromatic nitrogens is 3. The van der Waals surface area contributed by atoms with Crippen LogP contribution < -0.4 is 0 Å². The number of hydrogen-bond acceptors (Lipinski definition) is 2. The van der Waals surface area contributed by atoms with Gasteiger partial charge in [-0.3, -0.25) is 0 Å². The second-order valence-corrected chi connectivity index (χ2v) is 28.5. The second-order valence-electron chi connectivity index (χ2n) is 27.6. The zero-order chi connectivity index (χ0) is 64.6. The van der Waals surface area contributed by atoms with Crippen LogP contribution in [0.15, 0.2) is 304 Å². The van der Waals surface area contributed by atoms with Gasteiger partial charge in [-0.15, -0.1) is 0 Å². The highest BCUT2D eigenvalue weighted by Gasteiger charge is 2.37. The summed E-state index contributed by atoms with van der Waals surface area (Å²) in [6.07, 6.45) is 0.986. The van der Waals surface area contributed by atoms with Crippen molar-refractivity contribution in [3.63, 3.8) is 0 Å². The van der Waals surface area contributed by atoms with E-state index in [1.807, 2.05) is 24.3 Å². The number of rotatable bonds is 3. The number of furan rings is 2. The molecule has 5 heterocycles. The van der Waals surface area contributed by atoms with E-state index in [0.717, 1.165) is 66.1 Å². The van der Waals surface area contributed by atoms with Crippen molar-refractivity contribution < 1.29 is 8.83 Å². The average Bonchev–Trinajstić information content (AvgIpc) is 1.55. The fourth-order valence-electron chi connectivity index (χ4n) is 17.2. The molecule has 0 bridgehead atoms. The molecule has 0 saturated heterocycles. The third-order valence-electron chi connectivity index (χ3n) is 21.7. The van der Waals surface area contributed by atoms with E-state index in [4.69, 9.17) is 8.83 Å². The van der Waals surface area contributed by atoms with Gasteiger partial charge in [0.25, 0.3) is 0 Å². The first-order valence-electron chi connectivity index (χ1n) is 33.6. The number of para-hydroxylation sites is 5. The Morgan fingerprint density at radius 3 is 1.32 bits per heavy atom. The summed E-state index contributed by atoms with van der Waals surface area (Å²) in [5.41, 5.74) is 31.1. The minimum atomic E-state index is -0.0820. The summed E-state index contributed by atoms with van der Waals surface area (Å²) < 4.78 is 21.0. The van der Waals surface area contributed by atoms with E-state index in [0.29, 0.717) is 0 Å². The molecule has 0 fully saturated rings. The Bertz CT molecular complexity index is 6580. The Hall–Kier alpha value is -11.4. The van der Waals surface area contributed by atoms with Crippen LogP contribution in [0.2, 0.25) is 0 Å². The molecule has 468 valence electrons. The third-order valence-corrected chi connectivity index (χ3v) is 22.2. The van der Waals surface area contributed by atoms with Crippen molar-refractivity contribution in [2.75, 3.05) is 0 Å². The molecule has 14 aromatic carbocycles. The van der Waals surface area contributed by atoms with Crippen LogP contribution in [-0.2, 0) is 17.3 Å². The van der Waals surface area contributed by atoms with Crippen molar-refractivity contribution in [1.82, 2.24) is 13.7 Å². The summed E-state index contributed by atoms with van der Waals surface area (Å²) in [7, 11) is 0. The van der Waals surface area contributed by atoms with Gasteiger partial charge < -0.3 is 22.5 Å². The maximum Gasteiger partial charge on any atom is 0.137 e. The SMILES string of the molecule is C.CC1(C)c2ccccc2-c2ccc(-n3c4ccccc4c4ccc5c(c6ccccc6n5-c5ccc6c(c5)oc5ccccc56)c43)cc21.CC1(C)c2ccccc2-c2ccc(Br)cc21.c1ccc2c(c1)Cc1c-2ccc2c1c1ccccc1n2-c1ccc2c(c1)oc1ccccc12. The summed E-state index contributed by atoms with van der Waals surface area (Å²) in [5.74, 6) is 0. The molecule has 0 amide bonds. The number of fused-ring (bicyclic) bond motifs is 26. The largest absolute Gasteiger partial charge is 0.456 e. The summed E-state index contributed by atoms with van der Waals surface area (Å²) in [4.78, 5) is 0. The fourth-order valence-corrected chi connectivity index (χ4v) is 17.6. The van der Waals surface area contributed by atoms with E-state index < -0.39 is 0 Å². The number of benzene rings is 14. The third kappa shape index (κ3) is 8.31. The molecular weight excluding hydrogens is 1260 g/mol. The van der Waals surface area contributed by atoms with Crippen LogP contribution >= 0.6 is 15.9 Å².